The number of fused-ring (bicyclic) bond motifs is 2. The van der Waals surface area contributed by atoms with E-state index in [-0.39, 0.29) is 11.8 Å². The Bertz CT molecular complexity index is 767. The highest BCUT2D eigenvalue weighted by Gasteiger charge is 2.35. The maximum Gasteiger partial charge on any atom is 0.261 e. The van der Waals surface area contributed by atoms with Crippen LogP contribution in [0.25, 0.3) is 10.8 Å². The van der Waals surface area contributed by atoms with Gasteiger partial charge >= 0.3 is 0 Å². The summed E-state index contributed by atoms with van der Waals surface area (Å²) in [6.07, 6.45) is 4.17. The first-order valence-corrected chi connectivity index (χ1v) is 8.14. The number of hydrogen-bond donors (Lipinski definition) is 0. The maximum atomic E-state index is 12.6. The maximum absolute atomic E-state index is 12.6. The smallest absolute Gasteiger partial charge is 0.261 e. The van der Waals surface area contributed by atoms with Gasteiger partial charge in [-0.05, 0) is 30.0 Å². The quantitative estimate of drug-likeness (QED) is 0.598. The molecule has 23 heavy (non-hydrogen) atoms. The summed E-state index contributed by atoms with van der Waals surface area (Å²) in [6.45, 7) is 2.64. The molecule has 1 aliphatic heterocycles. The Morgan fingerprint density at radius 1 is 1.00 bits per heavy atom. The summed E-state index contributed by atoms with van der Waals surface area (Å²) in [5, 5.41) is 1.78. The molecule has 2 amide bonds. The summed E-state index contributed by atoms with van der Waals surface area (Å²) in [7, 11) is 1.61. The van der Waals surface area contributed by atoms with E-state index in [1.165, 1.54) is 4.90 Å². The number of benzene rings is 2. The summed E-state index contributed by atoms with van der Waals surface area (Å²) in [4.78, 5) is 26.5. The lowest BCUT2D eigenvalue weighted by Crippen LogP contribution is -2.30. The second-order valence-corrected chi connectivity index (χ2v) is 5.90. The predicted molar refractivity (Wildman–Crippen MR) is 90.0 cm³/mol. The van der Waals surface area contributed by atoms with E-state index >= 15 is 0 Å². The van der Waals surface area contributed by atoms with E-state index in [1.54, 1.807) is 19.2 Å². The molecule has 1 heterocycles. The molecule has 0 spiro atoms. The van der Waals surface area contributed by atoms with Crippen LogP contribution in [0.2, 0.25) is 0 Å². The van der Waals surface area contributed by atoms with Gasteiger partial charge in [0.15, 0.2) is 0 Å². The summed E-state index contributed by atoms with van der Waals surface area (Å²) < 4.78 is 5.36. The number of imide groups is 1. The summed E-state index contributed by atoms with van der Waals surface area (Å²) in [5.74, 6) is 0.354. The molecule has 0 aliphatic carbocycles. The molecular weight excluding hydrogens is 290 g/mol. The third kappa shape index (κ3) is 2.69. The zero-order valence-corrected chi connectivity index (χ0v) is 13.6. The normalized spacial score (nSPS) is 13.7. The molecule has 0 radical (unpaired) electrons. The Morgan fingerprint density at radius 3 is 2.43 bits per heavy atom. The van der Waals surface area contributed by atoms with E-state index in [9.17, 15) is 9.59 Å². The number of carbonyl (C=O) groups is 2. The molecule has 0 atom stereocenters. The summed E-state index contributed by atoms with van der Waals surface area (Å²) in [6, 6.07) is 9.27. The van der Waals surface area contributed by atoms with Crippen molar-refractivity contribution in [1.29, 1.82) is 0 Å². The van der Waals surface area contributed by atoms with Gasteiger partial charge in [0.2, 0.25) is 0 Å². The van der Waals surface area contributed by atoms with Gasteiger partial charge in [0.05, 0.1) is 18.2 Å². The van der Waals surface area contributed by atoms with Gasteiger partial charge in [0.1, 0.15) is 5.75 Å². The highest BCUT2D eigenvalue weighted by molar-refractivity contribution is 6.23. The number of rotatable bonds is 6. The molecule has 3 rings (SSSR count). The van der Waals surface area contributed by atoms with Crippen LogP contribution in [0.1, 0.15) is 53.3 Å². The van der Waals surface area contributed by atoms with Gasteiger partial charge in [0, 0.05) is 11.9 Å². The fourth-order valence-electron chi connectivity index (χ4n) is 3.11. The van der Waals surface area contributed by atoms with E-state index in [0.29, 0.717) is 23.4 Å². The van der Waals surface area contributed by atoms with E-state index in [2.05, 4.69) is 6.92 Å². The topological polar surface area (TPSA) is 46.6 Å². The van der Waals surface area contributed by atoms with E-state index in [1.807, 2.05) is 18.2 Å². The number of methoxy groups -OCH3 is 1. The minimum Gasteiger partial charge on any atom is -0.496 e. The lowest BCUT2D eigenvalue weighted by molar-refractivity contribution is 0.0651. The SMILES string of the molecule is CCCCCCN1C(=O)c2cc3cccc(OC)c3cc2C1=O. The average Bonchev–Trinajstić information content (AvgIpc) is 2.80. The first-order chi connectivity index (χ1) is 11.2. The third-order valence-electron chi connectivity index (χ3n) is 4.38. The number of nitrogens with zero attached hydrogens (tertiary/aromatic N) is 1. The van der Waals surface area contributed by atoms with Gasteiger partial charge in [-0.2, -0.15) is 0 Å². The number of amides is 2. The van der Waals surface area contributed by atoms with Gasteiger partial charge < -0.3 is 4.74 Å². The van der Waals surface area contributed by atoms with Gasteiger partial charge in [0.25, 0.3) is 11.8 Å². The van der Waals surface area contributed by atoms with Crippen molar-refractivity contribution in [2.45, 2.75) is 32.6 Å². The fraction of sp³-hybridized carbons (Fsp3) is 0.368. The predicted octanol–water partition coefficient (Wildman–Crippen LogP) is 4.02. The lowest BCUT2D eigenvalue weighted by atomic mass is 10.0. The molecule has 0 saturated heterocycles. The molecule has 120 valence electrons. The van der Waals surface area contributed by atoms with Crippen LogP contribution < -0.4 is 4.74 Å². The monoisotopic (exact) mass is 311 g/mol. The molecule has 0 aromatic heterocycles. The average molecular weight is 311 g/mol. The Kier molecular flexibility index (Phi) is 4.33. The molecule has 0 saturated carbocycles. The second-order valence-electron chi connectivity index (χ2n) is 5.90. The van der Waals surface area contributed by atoms with Crippen molar-refractivity contribution in [2.75, 3.05) is 13.7 Å². The zero-order chi connectivity index (χ0) is 16.4. The van der Waals surface area contributed by atoms with E-state index in [0.717, 1.165) is 36.5 Å². The van der Waals surface area contributed by atoms with Crippen LogP contribution in [0, 0.1) is 0 Å². The third-order valence-corrected chi connectivity index (χ3v) is 4.38. The van der Waals surface area contributed by atoms with E-state index in [4.69, 9.17) is 4.74 Å². The van der Waals surface area contributed by atoms with Crippen LogP contribution in [-0.4, -0.2) is 30.4 Å². The first kappa shape index (κ1) is 15.5. The molecule has 1 aliphatic rings. The number of ether oxygens (including phenoxy) is 1. The van der Waals surface area contributed by atoms with Crippen molar-refractivity contribution in [3.8, 4) is 5.75 Å². The first-order valence-electron chi connectivity index (χ1n) is 8.14. The van der Waals surface area contributed by atoms with Crippen molar-refractivity contribution in [1.82, 2.24) is 4.90 Å². The van der Waals surface area contributed by atoms with Crippen molar-refractivity contribution in [2.24, 2.45) is 0 Å². The van der Waals surface area contributed by atoms with Crippen LogP contribution in [0.15, 0.2) is 30.3 Å². The molecule has 2 aromatic carbocycles. The van der Waals surface area contributed by atoms with Crippen molar-refractivity contribution >= 4 is 22.6 Å². The minimum absolute atomic E-state index is 0.175. The molecule has 0 unspecified atom stereocenters. The lowest BCUT2D eigenvalue weighted by Gasteiger charge is -2.13. The van der Waals surface area contributed by atoms with Crippen LogP contribution in [0.4, 0.5) is 0 Å². The Balaban J connectivity index is 1.93. The highest BCUT2D eigenvalue weighted by atomic mass is 16.5. The standard InChI is InChI=1S/C19H21NO3/c1-3-4-5-6-10-20-18(21)15-11-13-8-7-9-17(23-2)14(13)12-16(15)19(20)22/h7-9,11-12H,3-6,10H2,1-2H3. The van der Waals surface area contributed by atoms with Gasteiger partial charge in [-0.25, -0.2) is 0 Å². The Morgan fingerprint density at radius 2 is 1.74 bits per heavy atom. The highest BCUT2D eigenvalue weighted by Crippen LogP contribution is 2.32. The minimum atomic E-state index is -0.186. The molecule has 0 N–H and O–H groups in total. The van der Waals surface area contributed by atoms with Crippen molar-refractivity contribution in [3.05, 3.63) is 41.5 Å². The summed E-state index contributed by atoms with van der Waals surface area (Å²) >= 11 is 0. The van der Waals surface area contributed by atoms with Crippen molar-refractivity contribution < 1.29 is 14.3 Å². The number of carbonyl (C=O) groups excluding carboxylic acids is 2. The van der Waals surface area contributed by atoms with Crippen LogP contribution in [0.3, 0.4) is 0 Å². The van der Waals surface area contributed by atoms with Crippen LogP contribution in [0.5, 0.6) is 5.75 Å². The van der Waals surface area contributed by atoms with Crippen LogP contribution in [-0.2, 0) is 0 Å². The molecule has 4 heteroatoms. The number of unbranched alkanes of at least 4 members (excludes halogenated alkanes) is 3. The van der Waals surface area contributed by atoms with Gasteiger partial charge in [-0.15, -0.1) is 0 Å². The molecule has 2 aromatic rings. The van der Waals surface area contributed by atoms with Crippen LogP contribution >= 0.6 is 0 Å². The summed E-state index contributed by atoms with van der Waals surface area (Å²) in [5.41, 5.74) is 0.994. The Labute approximate surface area is 136 Å². The van der Waals surface area contributed by atoms with E-state index < -0.39 is 0 Å². The molecule has 0 bridgehead atoms. The zero-order valence-electron chi connectivity index (χ0n) is 13.6. The van der Waals surface area contributed by atoms with Crippen molar-refractivity contribution in [3.63, 3.8) is 0 Å². The van der Waals surface area contributed by atoms with Gasteiger partial charge in [-0.1, -0.05) is 38.3 Å². The molecule has 4 nitrogen and oxygen atoms in total. The Hall–Kier alpha value is -2.36. The fourth-order valence-corrected chi connectivity index (χ4v) is 3.11. The largest absolute Gasteiger partial charge is 0.496 e. The molecule has 0 fully saturated rings. The second kappa shape index (κ2) is 6.41. The number of hydrogen-bond acceptors (Lipinski definition) is 3. The van der Waals surface area contributed by atoms with Gasteiger partial charge in [-0.3, -0.25) is 14.5 Å². The molecular formula is C19H21NO3.